The Morgan fingerprint density at radius 1 is 1.67 bits per heavy atom. The quantitative estimate of drug-likeness (QED) is 0.727. The van der Waals surface area contributed by atoms with Gasteiger partial charge >= 0.3 is 0 Å². The van der Waals surface area contributed by atoms with Crippen LogP contribution in [0.25, 0.3) is 0 Å². The first kappa shape index (κ1) is 10.6. The summed E-state index contributed by atoms with van der Waals surface area (Å²) >= 11 is 0. The molecule has 1 aromatic heterocycles. The van der Waals surface area contributed by atoms with Gasteiger partial charge in [0.25, 0.3) is 0 Å². The third-order valence-corrected chi connectivity index (χ3v) is 2.97. The minimum absolute atomic E-state index is 0.146. The minimum Gasteiger partial charge on any atom is -0.394 e. The maximum Gasteiger partial charge on any atom is 0.0640 e. The highest BCUT2D eigenvalue weighted by Gasteiger charge is 2.27. The summed E-state index contributed by atoms with van der Waals surface area (Å²) in [5, 5.41) is 16.4. The van der Waals surface area contributed by atoms with E-state index in [4.69, 9.17) is 5.11 Å². The molecule has 0 bridgehead atoms. The highest BCUT2D eigenvalue weighted by Crippen LogP contribution is 2.32. The van der Waals surface area contributed by atoms with Crippen molar-refractivity contribution in [2.24, 2.45) is 5.92 Å². The molecule has 1 aromatic rings. The van der Waals surface area contributed by atoms with E-state index in [1.165, 1.54) is 18.4 Å². The van der Waals surface area contributed by atoms with Crippen molar-refractivity contribution < 1.29 is 5.11 Å². The van der Waals surface area contributed by atoms with Crippen molar-refractivity contribution in [3.63, 3.8) is 0 Å². The molecular weight excluding hydrogens is 190 g/mol. The fraction of sp³-hybridized carbons (Fsp3) is 0.727. The monoisotopic (exact) mass is 209 g/mol. The SMILES string of the molecule is CC(NCc1cnn(CCO)c1)C1CC1. The number of hydrogen-bond acceptors (Lipinski definition) is 3. The first-order valence-corrected chi connectivity index (χ1v) is 5.65. The van der Waals surface area contributed by atoms with Crippen LogP contribution in [0.4, 0.5) is 0 Å². The van der Waals surface area contributed by atoms with E-state index in [1.54, 1.807) is 4.68 Å². The molecule has 1 fully saturated rings. The minimum atomic E-state index is 0.146. The average molecular weight is 209 g/mol. The van der Waals surface area contributed by atoms with Gasteiger partial charge in [0.1, 0.15) is 0 Å². The number of rotatable bonds is 6. The van der Waals surface area contributed by atoms with Gasteiger partial charge in [0, 0.05) is 24.3 Å². The smallest absolute Gasteiger partial charge is 0.0640 e. The Bertz CT molecular complexity index is 307. The van der Waals surface area contributed by atoms with Crippen LogP contribution in [0.15, 0.2) is 12.4 Å². The third kappa shape index (κ3) is 3.04. The molecule has 1 saturated carbocycles. The zero-order valence-corrected chi connectivity index (χ0v) is 9.19. The molecule has 1 atom stereocenters. The molecular formula is C11H19N3O. The molecule has 0 aliphatic heterocycles. The normalized spacial score (nSPS) is 18.0. The zero-order chi connectivity index (χ0) is 10.7. The fourth-order valence-electron chi connectivity index (χ4n) is 1.76. The second-order valence-electron chi connectivity index (χ2n) is 4.34. The lowest BCUT2D eigenvalue weighted by molar-refractivity contribution is 0.269. The molecule has 1 unspecified atom stereocenters. The molecule has 0 spiro atoms. The predicted molar refractivity (Wildman–Crippen MR) is 58.3 cm³/mol. The number of aromatic nitrogens is 2. The van der Waals surface area contributed by atoms with E-state index in [0.29, 0.717) is 12.6 Å². The first-order valence-electron chi connectivity index (χ1n) is 5.65. The number of nitrogens with one attached hydrogen (secondary N) is 1. The number of aliphatic hydroxyl groups is 1. The van der Waals surface area contributed by atoms with Crippen molar-refractivity contribution >= 4 is 0 Å². The summed E-state index contributed by atoms with van der Waals surface area (Å²) < 4.78 is 1.78. The summed E-state index contributed by atoms with van der Waals surface area (Å²) in [6.45, 7) is 3.85. The molecule has 0 radical (unpaired) electrons. The second-order valence-corrected chi connectivity index (χ2v) is 4.34. The van der Waals surface area contributed by atoms with Crippen molar-refractivity contribution in [1.29, 1.82) is 0 Å². The van der Waals surface area contributed by atoms with Crippen LogP contribution in [-0.4, -0.2) is 27.5 Å². The number of aliphatic hydroxyl groups excluding tert-OH is 1. The lowest BCUT2D eigenvalue weighted by Crippen LogP contribution is -2.27. The van der Waals surface area contributed by atoms with E-state index in [1.807, 2.05) is 12.4 Å². The van der Waals surface area contributed by atoms with Crippen LogP contribution in [0.5, 0.6) is 0 Å². The number of hydrogen-bond donors (Lipinski definition) is 2. The van der Waals surface area contributed by atoms with Crippen LogP contribution in [-0.2, 0) is 13.1 Å². The average Bonchev–Trinajstić information content (AvgIpc) is 2.98. The van der Waals surface area contributed by atoms with Crippen molar-refractivity contribution in [2.75, 3.05) is 6.61 Å². The van der Waals surface area contributed by atoms with Gasteiger partial charge in [0.2, 0.25) is 0 Å². The first-order chi connectivity index (χ1) is 7.29. The highest BCUT2D eigenvalue weighted by molar-refractivity contribution is 5.03. The summed E-state index contributed by atoms with van der Waals surface area (Å²) in [6.07, 6.45) is 6.60. The summed E-state index contributed by atoms with van der Waals surface area (Å²) in [6, 6.07) is 0.617. The van der Waals surface area contributed by atoms with Gasteiger partial charge < -0.3 is 10.4 Å². The topological polar surface area (TPSA) is 50.1 Å². The molecule has 2 N–H and O–H groups in total. The largest absolute Gasteiger partial charge is 0.394 e. The summed E-state index contributed by atoms with van der Waals surface area (Å²) in [5.41, 5.74) is 1.19. The Morgan fingerprint density at radius 2 is 2.47 bits per heavy atom. The van der Waals surface area contributed by atoms with Gasteiger partial charge in [-0.1, -0.05) is 0 Å². The van der Waals surface area contributed by atoms with Gasteiger partial charge in [-0.25, -0.2) is 0 Å². The zero-order valence-electron chi connectivity index (χ0n) is 9.19. The number of nitrogens with zero attached hydrogens (tertiary/aromatic N) is 2. The van der Waals surface area contributed by atoms with Gasteiger partial charge in [-0.15, -0.1) is 0 Å². The van der Waals surface area contributed by atoms with E-state index in [2.05, 4.69) is 17.3 Å². The predicted octanol–water partition coefficient (Wildman–Crippen LogP) is 0.763. The molecule has 84 valence electrons. The van der Waals surface area contributed by atoms with Crippen LogP contribution in [0, 0.1) is 5.92 Å². The van der Waals surface area contributed by atoms with Crippen LogP contribution >= 0.6 is 0 Å². The molecule has 0 aromatic carbocycles. The Kier molecular flexibility index (Phi) is 3.38. The second kappa shape index (κ2) is 4.77. The summed E-state index contributed by atoms with van der Waals surface area (Å²) in [4.78, 5) is 0. The lowest BCUT2D eigenvalue weighted by atomic mass is 10.2. The van der Waals surface area contributed by atoms with Gasteiger partial charge in [-0.3, -0.25) is 4.68 Å². The molecule has 1 heterocycles. The van der Waals surface area contributed by atoms with Crippen molar-refractivity contribution in [3.05, 3.63) is 18.0 Å². The van der Waals surface area contributed by atoms with Crippen molar-refractivity contribution in [3.8, 4) is 0 Å². The maximum absolute atomic E-state index is 8.75. The Labute approximate surface area is 90.3 Å². The highest BCUT2D eigenvalue weighted by atomic mass is 16.3. The lowest BCUT2D eigenvalue weighted by Gasteiger charge is -2.10. The van der Waals surface area contributed by atoms with E-state index in [-0.39, 0.29) is 6.61 Å². The fourth-order valence-corrected chi connectivity index (χ4v) is 1.76. The van der Waals surface area contributed by atoms with Crippen molar-refractivity contribution in [1.82, 2.24) is 15.1 Å². The molecule has 4 heteroatoms. The molecule has 4 nitrogen and oxygen atoms in total. The van der Waals surface area contributed by atoms with Crippen molar-refractivity contribution in [2.45, 2.75) is 38.9 Å². The van der Waals surface area contributed by atoms with Crippen LogP contribution in [0.1, 0.15) is 25.3 Å². The van der Waals surface area contributed by atoms with E-state index in [0.717, 1.165) is 12.5 Å². The maximum atomic E-state index is 8.75. The molecule has 15 heavy (non-hydrogen) atoms. The van der Waals surface area contributed by atoms with Gasteiger partial charge in [-0.05, 0) is 25.7 Å². The molecule has 0 amide bonds. The summed E-state index contributed by atoms with van der Waals surface area (Å²) in [7, 11) is 0. The van der Waals surface area contributed by atoms with Crippen LogP contribution in [0.2, 0.25) is 0 Å². The van der Waals surface area contributed by atoms with E-state index in [9.17, 15) is 0 Å². The molecule has 1 aliphatic rings. The Morgan fingerprint density at radius 3 is 3.13 bits per heavy atom. The van der Waals surface area contributed by atoms with Gasteiger partial charge in [0.05, 0.1) is 19.3 Å². The van der Waals surface area contributed by atoms with Crippen LogP contribution < -0.4 is 5.32 Å². The standard InChI is InChI=1S/C11H19N3O/c1-9(11-2-3-11)12-6-10-7-13-14(8-10)4-5-15/h7-9,11-12,15H,2-6H2,1H3. The van der Waals surface area contributed by atoms with E-state index >= 15 is 0 Å². The Balaban J connectivity index is 1.76. The molecule has 0 saturated heterocycles. The van der Waals surface area contributed by atoms with Gasteiger partial charge in [0.15, 0.2) is 0 Å². The van der Waals surface area contributed by atoms with E-state index < -0.39 is 0 Å². The van der Waals surface area contributed by atoms with Gasteiger partial charge in [-0.2, -0.15) is 5.10 Å². The van der Waals surface area contributed by atoms with Crippen LogP contribution in [0.3, 0.4) is 0 Å². The third-order valence-electron chi connectivity index (χ3n) is 2.97. The summed E-state index contributed by atoms with van der Waals surface area (Å²) in [5.74, 6) is 0.887. The Hall–Kier alpha value is -0.870. The molecule has 1 aliphatic carbocycles. The molecule has 2 rings (SSSR count).